The number of anilines is 1. The number of aromatic nitrogens is 2. The number of nitrogens with one attached hydrogen (secondary N) is 1. The minimum Gasteiger partial charge on any atom is -0.477 e. The molecule has 1 aliphatic heterocycles. The molecule has 1 atom stereocenters. The number of H-pyrrole nitrogens is 1. The van der Waals surface area contributed by atoms with Crippen LogP contribution in [-0.2, 0) is 20.2 Å². The van der Waals surface area contributed by atoms with Crippen LogP contribution in [0.3, 0.4) is 0 Å². The van der Waals surface area contributed by atoms with Gasteiger partial charge in [0, 0.05) is 30.1 Å². The highest BCUT2D eigenvalue weighted by Crippen LogP contribution is 2.41. The van der Waals surface area contributed by atoms with Crippen LogP contribution >= 0.6 is 11.3 Å². The van der Waals surface area contributed by atoms with E-state index in [1.165, 1.54) is 4.31 Å². The summed E-state index contributed by atoms with van der Waals surface area (Å²) in [7, 11) is -3.96. The molecule has 0 bridgehead atoms. The van der Waals surface area contributed by atoms with Crippen molar-refractivity contribution in [3.05, 3.63) is 38.7 Å². The number of nitrogens with zero attached hydrogens (tertiary/aromatic N) is 3. The van der Waals surface area contributed by atoms with Crippen molar-refractivity contribution in [1.29, 1.82) is 0 Å². The molecule has 3 heterocycles. The van der Waals surface area contributed by atoms with E-state index in [9.17, 15) is 27.9 Å². The average Bonchev–Trinajstić information content (AvgIpc) is 3.49. The van der Waals surface area contributed by atoms with E-state index in [0.717, 1.165) is 54.3 Å². The lowest BCUT2D eigenvalue weighted by atomic mass is 9.82. The summed E-state index contributed by atoms with van der Waals surface area (Å²) in [6.07, 6.45) is 5.81. The van der Waals surface area contributed by atoms with Crippen LogP contribution in [0.5, 0.6) is 0 Å². The lowest BCUT2D eigenvalue weighted by Crippen LogP contribution is -2.46. The minimum absolute atomic E-state index is 0.0239. The quantitative estimate of drug-likeness (QED) is 0.561. The van der Waals surface area contributed by atoms with E-state index in [2.05, 4.69) is 16.9 Å². The van der Waals surface area contributed by atoms with Gasteiger partial charge in [-0.15, -0.1) is 11.3 Å². The fourth-order valence-corrected chi connectivity index (χ4v) is 7.49. The molecule has 2 N–H and O–H groups in total. The van der Waals surface area contributed by atoms with Gasteiger partial charge >= 0.3 is 11.7 Å². The highest BCUT2D eigenvalue weighted by Gasteiger charge is 2.42. The Labute approximate surface area is 220 Å². The van der Waals surface area contributed by atoms with Gasteiger partial charge in [-0.3, -0.25) is 4.79 Å². The van der Waals surface area contributed by atoms with Gasteiger partial charge in [0.1, 0.15) is 9.77 Å². The second-order valence-electron chi connectivity index (χ2n) is 11.1. The molecule has 0 radical (unpaired) electrons. The number of carbonyl (C=O) groups is 2. The van der Waals surface area contributed by atoms with Crippen molar-refractivity contribution in [3.8, 4) is 0 Å². The Balaban J connectivity index is 1.72. The molecule has 0 aromatic carbocycles. The first-order chi connectivity index (χ1) is 17.3. The fourth-order valence-electron chi connectivity index (χ4n) is 5.04. The van der Waals surface area contributed by atoms with Crippen LogP contribution in [0.15, 0.2) is 28.2 Å². The zero-order chi connectivity index (χ0) is 27.1. The van der Waals surface area contributed by atoms with E-state index < -0.39 is 27.7 Å². The maximum Gasteiger partial charge on any atom is 0.348 e. The van der Waals surface area contributed by atoms with E-state index in [-0.39, 0.29) is 40.1 Å². The lowest BCUT2D eigenvalue weighted by molar-refractivity contribution is -0.124. The molecule has 2 aromatic heterocycles. The summed E-state index contributed by atoms with van der Waals surface area (Å²) < 4.78 is 27.7. The third-order valence-corrected chi connectivity index (χ3v) is 10.7. The molecule has 1 amide bonds. The summed E-state index contributed by atoms with van der Waals surface area (Å²) >= 11 is 1.16. The summed E-state index contributed by atoms with van der Waals surface area (Å²) in [5.41, 5.74) is -0.615. The number of hydrogen-bond donors (Lipinski definition) is 2. The molecule has 1 saturated carbocycles. The van der Waals surface area contributed by atoms with Crippen molar-refractivity contribution >= 4 is 38.9 Å². The molecule has 0 spiro atoms. The molecular weight excluding hydrogens is 516 g/mol. The standard InChI is InChI=1S/C25H34N4O6S2/c1-15-5-7-16(8-6-15)22(30)29(19-11-20(25(2,3)4)36-21(19)23(31)32)17-9-10-28(14-17)37(34,35)18-12-26-24(33)27-13-18/h11-13,15-17H,5-10,14H2,1-4H3,(H,31,32)(H,26,27,33)/t15-,16-,17-/m0/s1. The average molecular weight is 551 g/mol. The fraction of sp³-hybridized carbons (Fsp3) is 0.600. The van der Waals surface area contributed by atoms with Crippen molar-refractivity contribution in [2.45, 2.75) is 76.2 Å². The van der Waals surface area contributed by atoms with E-state index in [0.29, 0.717) is 18.0 Å². The zero-order valence-corrected chi connectivity index (χ0v) is 23.2. The largest absolute Gasteiger partial charge is 0.477 e. The van der Waals surface area contributed by atoms with Gasteiger partial charge in [-0.1, -0.05) is 27.7 Å². The monoisotopic (exact) mass is 550 g/mol. The summed E-state index contributed by atoms with van der Waals surface area (Å²) in [4.78, 5) is 45.8. The van der Waals surface area contributed by atoms with Crippen LogP contribution in [0.25, 0.3) is 0 Å². The Morgan fingerprint density at radius 2 is 1.86 bits per heavy atom. The molecule has 2 fully saturated rings. The van der Waals surface area contributed by atoms with Crippen molar-refractivity contribution in [2.75, 3.05) is 18.0 Å². The number of carboxylic acid groups (broad SMARTS) is 1. The van der Waals surface area contributed by atoms with Crippen molar-refractivity contribution < 1.29 is 23.1 Å². The number of aromatic carboxylic acids is 1. The van der Waals surface area contributed by atoms with Gasteiger partial charge in [-0.2, -0.15) is 4.31 Å². The van der Waals surface area contributed by atoms with Gasteiger partial charge in [0.25, 0.3) is 0 Å². The normalized spacial score (nSPS) is 23.2. The first-order valence-electron chi connectivity index (χ1n) is 12.5. The summed E-state index contributed by atoms with van der Waals surface area (Å²) in [5, 5.41) is 10.0. The first-order valence-corrected chi connectivity index (χ1v) is 14.8. The second kappa shape index (κ2) is 10.3. The highest BCUT2D eigenvalue weighted by molar-refractivity contribution is 7.89. The molecular formula is C25H34N4O6S2. The third-order valence-electron chi connectivity index (χ3n) is 7.28. The summed E-state index contributed by atoms with van der Waals surface area (Å²) in [5.74, 6) is -0.932. The van der Waals surface area contributed by atoms with E-state index >= 15 is 0 Å². The number of aromatic amines is 1. The molecule has 202 valence electrons. The Morgan fingerprint density at radius 1 is 1.19 bits per heavy atom. The van der Waals surface area contributed by atoms with Crippen LogP contribution in [-0.4, -0.2) is 58.8 Å². The number of thiophene rings is 1. The predicted octanol–water partition coefficient (Wildman–Crippen LogP) is 3.45. The van der Waals surface area contributed by atoms with Gasteiger partial charge in [-0.05, 0) is 49.5 Å². The molecule has 2 aliphatic rings. The highest BCUT2D eigenvalue weighted by atomic mass is 32.2. The molecule has 12 heteroatoms. The smallest absolute Gasteiger partial charge is 0.348 e. The number of hydrogen-bond acceptors (Lipinski definition) is 7. The van der Waals surface area contributed by atoms with Gasteiger partial charge in [0.05, 0.1) is 17.9 Å². The molecule has 0 unspecified atom stereocenters. The molecule has 1 saturated heterocycles. The first kappa shape index (κ1) is 27.5. The van der Waals surface area contributed by atoms with E-state index in [1.807, 2.05) is 20.8 Å². The lowest BCUT2D eigenvalue weighted by Gasteiger charge is -2.34. The number of sulfonamides is 1. The molecule has 37 heavy (non-hydrogen) atoms. The second-order valence-corrected chi connectivity index (χ2v) is 14.1. The number of carboxylic acids is 1. The number of rotatable bonds is 6. The van der Waals surface area contributed by atoms with Gasteiger partial charge in [-0.25, -0.2) is 23.0 Å². The number of amides is 1. The van der Waals surface area contributed by atoms with Crippen molar-refractivity contribution in [1.82, 2.24) is 14.3 Å². The minimum atomic E-state index is -3.96. The maximum absolute atomic E-state index is 14.0. The van der Waals surface area contributed by atoms with Crippen LogP contribution < -0.4 is 10.6 Å². The van der Waals surface area contributed by atoms with E-state index in [1.54, 1.807) is 11.0 Å². The molecule has 1 aliphatic carbocycles. The number of carbonyl (C=O) groups excluding carboxylic acids is 1. The Hall–Kier alpha value is -2.57. The van der Waals surface area contributed by atoms with Gasteiger partial charge < -0.3 is 15.0 Å². The maximum atomic E-state index is 14.0. The van der Waals surface area contributed by atoms with E-state index in [4.69, 9.17) is 0 Å². The van der Waals surface area contributed by atoms with Crippen LogP contribution in [0, 0.1) is 11.8 Å². The SMILES string of the molecule is CC(C)(C)c1cc(N(C(=O)[C@H]2CC[C@H](C)CC2)[C@H]2CCN(S(=O)(=O)c3cnc(=O)[nH]c3)C2)c(C(=O)O)s1. The molecule has 10 nitrogen and oxygen atoms in total. The van der Waals surface area contributed by atoms with Crippen LogP contribution in [0.2, 0.25) is 0 Å². The Bertz CT molecular complexity index is 1320. The van der Waals surface area contributed by atoms with Crippen LogP contribution in [0.1, 0.15) is 74.3 Å². The Morgan fingerprint density at radius 3 is 2.43 bits per heavy atom. The third kappa shape index (κ3) is 5.65. The van der Waals surface area contributed by atoms with Crippen LogP contribution in [0.4, 0.5) is 5.69 Å². The van der Waals surface area contributed by atoms with Gasteiger partial charge in [0.2, 0.25) is 15.9 Å². The predicted molar refractivity (Wildman–Crippen MR) is 141 cm³/mol. The molecule has 4 rings (SSSR count). The van der Waals surface area contributed by atoms with Crippen molar-refractivity contribution in [3.63, 3.8) is 0 Å². The summed E-state index contributed by atoms with van der Waals surface area (Å²) in [6, 6.07) is 1.28. The Kier molecular flexibility index (Phi) is 7.64. The van der Waals surface area contributed by atoms with Crippen molar-refractivity contribution in [2.24, 2.45) is 11.8 Å². The summed E-state index contributed by atoms with van der Waals surface area (Å²) in [6.45, 7) is 8.33. The zero-order valence-electron chi connectivity index (χ0n) is 21.6. The topological polar surface area (TPSA) is 141 Å². The van der Waals surface area contributed by atoms with Gasteiger partial charge in [0.15, 0.2) is 0 Å². The molecule has 2 aromatic rings.